The van der Waals surface area contributed by atoms with E-state index in [9.17, 15) is 9.59 Å². The molecule has 0 atom stereocenters. The van der Waals surface area contributed by atoms with Crippen molar-refractivity contribution in [3.8, 4) is 0 Å². The lowest BCUT2D eigenvalue weighted by Gasteiger charge is -2.17. The SMILES string of the molecule is Cc1cc(=O)c(C(=O)Nc2ccc(C)c(N(C)C)c2)c[nH]1. The number of anilines is 2. The van der Waals surface area contributed by atoms with Crippen LogP contribution < -0.4 is 15.6 Å². The van der Waals surface area contributed by atoms with Crippen LogP contribution in [0.15, 0.2) is 35.3 Å². The number of nitrogens with zero attached hydrogens (tertiary/aromatic N) is 1. The highest BCUT2D eigenvalue weighted by atomic mass is 16.2. The summed E-state index contributed by atoms with van der Waals surface area (Å²) in [7, 11) is 3.89. The fourth-order valence-corrected chi connectivity index (χ4v) is 2.12. The van der Waals surface area contributed by atoms with E-state index in [2.05, 4.69) is 10.3 Å². The number of aromatic nitrogens is 1. The van der Waals surface area contributed by atoms with Crippen molar-refractivity contribution in [2.24, 2.45) is 0 Å². The second kappa shape index (κ2) is 5.83. The van der Waals surface area contributed by atoms with Crippen LogP contribution in [0.5, 0.6) is 0 Å². The van der Waals surface area contributed by atoms with Gasteiger partial charge in [0, 0.05) is 43.4 Å². The number of nitrogens with one attached hydrogen (secondary N) is 2. The maximum Gasteiger partial charge on any atom is 0.261 e. The monoisotopic (exact) mass is 285 g/mol. The van der Waals surface area contributed by atoms with Gasteiger partial charge in [0.25, 0.3) is 5.91 Å². The Balaban J connectivity index is 2.27. The molecule has 5 nitrogen and oxygen atoms in total. The predicted molar refractivity (Wildman–Crippen MR) is 85.3 cm³/mol. The number of hydrogen-bond donors (Lipinski definition) is 2. The lowest BCUT2D eigenvalue weighted by Crippen LogP contribution is -2.21. The molecule has 0 saturated heterocycles. The standard InChI is InChI=1S/C16H19N3O2/c1-10-5-6-12(8-14(10)19(3)4)18-16(21)13-9-17-11(2)7-15(13)20/h5-9H,1-4H3,(H,17,20)(H,18,21). The lowest BCUT2D eigenvalue weighted by molar-refractivity contribution is 0.102. The molecule has 0 unspecified atom stereocenters. The van der Waals surface area contributed by atoms with E-state index in [4.69, 9.17) is 0 Å². The van der Waals surface area contributed by atoms with Crippen molar-refractivity contribution in [3.63, 3.8) is 0 Å². The van der Waals surface area contributed by atoms with E-state index in [0.29, 0.717) is 5.69 Å². The van der Waals surface area contributed by atoms with Gasteiger partial charge in [0.15, 0.2) is 5.43 Å². The Bertz CT molecular complexity index is 733. The maximum absolute atomic E-state index is 12.2. The summed E-state index contributed by atoms with van der Waals surface area (Å²) in [5, 5.41) is 2.76. The Morgan fingerprint density at radius 1 is 1.19 bits per heavy atom. The summed E-state index contributed by atoms with van der Waals surface area (Å²) in [5.41, 5.74) is 3.34. The molecule has 1 heterocycles. The van der Waals surface area contributed by atoms with Crippen LogP contribution in [0.3, 0.4) is 0 Å². The molecule has 0 radical (unpaired) electrons. The highest BCUT2D eigenvalue weighted by molar-refractivity contribution is 6.04. The molecule has 21 heavy (non-hydrogen) atoms. The van der Waals surface area contributed by atoms with E-state index >= 15 is 0 Å². The van der Waals surface area contributed by atoms with E-state index in [0.717, 1.165) is 16.9 Å². The zero-order valence-corrected chi connectivity index (χ0v) is 12.7. The summed E-state index contributed by atoms with van der Waals surface area (Å²) in [6.07, 6.45) is 1.44. The molecular weight excluding hydrogens is 266 g/mol. The Morgan fingerprint density at radius 2 is 1.90 bits per heavy atom. The van der Waals surface area contributed by atoms with Crippen molar-refractivity contribution < 1.29 is 4.79 Å². The largest absolute Gasteiger partial charge is 0.377 e. The zero-order valence-electron chi connectivity index (χ0n) is 12.7. The molecule has 0 spiro atoms. The lowest BCUT2D eigenvalue weighted by atomic mass is 10.1. The van der Waals surface area contributed by atoms with Gasteiger partial charge >= 0.3 is 0 Å². The number of carbonyl (C=O) groups excluding carboxylic acids is 1. The highest BCUT2D eigenvalue weighted by Crippen LogP contribution is 2.22. The van der Waals surface area contributed by atoms with Crippen LogP contribution in [0.25, 0.3) is 0 Å². The number of carbonyl (C=O) groups is 1. The van der Waals surface area contributed by atoms with Crippen LogP contribution in [0.2, 0.25) is 0 Å². The Morgan fingerprint density at radius 3 is 2.52 bits per heavy atom. The van der Waals surface area contributed by atoms with E-state index in [1.165, 1.54) is 12.3 Å². The number of pyridine rings is 1. The number of hydrogen-bond acceptors (Lipinski definition) is 3. The Hall–Kier alpha value is -2.56. The first-order chi connectivity index (χ1) is 9.88. The van der Waals surface area contributed by atoms with Gasteiger partial charge in [0.05, 0.1) is 0 Å². The van der Waals surface area contributed by atoms with Crippen molar-refractivity contribution in [2.45, 2.75) is 13.8 Å². The van der Waals surface area contributed by atoms with Crippen molar-refractivity contribution in [1.82, 2.24) is 4.98 Å². The van der Waals surface area contributed by atoms with Gasteiger partial charge in [-0.05, 0) is 31.5 Å². The molecule has 1 aromatic heterocycles. The first-order valence-electron chi connectivity index (χ1n) is 6.67. The van der Waals surface area contributed by atoms with Gasteiger partial charge in [-0.3, -0.25) is 9.59 Å². The van der Waals surface area contributed by atoms with Crippen LogP contribution in [0, 0.1) is 13.8 Å². The molecule has 2 N–H and O–H groups in total. The normalized spacial score (nSPS) is 10.3. The van der Waals surface area contributed by atoms with Gasteiger partial charge in [-0.25, -0.2) is 0 Å². The molecule has 0 aliphatic carbocycles. The molecule has 0 fully saturated rings. The molecule has 110 valence electrons. The highest BCUT2D eigenvalue weighted by Gasteiger charge is 2.11. The third-order valence-corrected chi connectivity index (χ3v) is 3.25. The van der Waals surface area contributed by atoms with Crippen molar-refractivity contribution >= 4 is 17.3 Å². The van der Waals surface area contributed by atoms with Gasteiger partial charge in [0.1, 0.15) is 5.56 Å². The summed E-state index contributed by atoms with van der Waals surface area (Å²) < 4.78 is 0. The van der Waals surface area contributed by atoms with Crippen molar-refractivity contribution in [2.75, 3.05) is 24.3 Å². The molecule has 5 heteroatoms. The Labute approximate surface area is 123 Å². The number of aryl methyl sites for hydroxylation is 2. The van der Waals surface area contributed by atoms with Crippen molar-refractivity contribution in [1.29, 1.82) is 0 Å². The molecule has 0 aliphatic heterocycles. The van der Waals surface area contributed by atoms with Crippen LogP contribution in [0.4, 0.5) is 11.4 Å². The minimum Gasteiger partial charge on any atom is -0.377 e. The molecule has 0 aliphatic rings. The summed E-state index contributed by atoms with van der Waals surface area (Å²) in [5.74, 6) is -0.412. The number of rotatable bonds is 3. The van der Waals surface area contributed by atoms with Crippen LogP contribution in [-0.2, 0) is 0 Å². The topological polar surface area (TPSA) is 65.2 Å². The first-order valence-corrected chi connectivity index (χ1v) is 6.67. The van der Waals surface area contributed by atoms with Gasteiger partial charge in [-0.15, -0.1) is 0 Å². The van der Waals surface area contributed by atoms with E-state index in [1.807, 2.05) is 44.1 Å². The van der Waals surface area contributed by atoms with E-state index in [1.54, 1.807) is 6.92 Å². The third kappa shape index (κ3) is 3.31. The second-order valence-corrected chi connectivity index (χ2v) is 5.24. The van der Waals surface area contributed by atoms with Crippen LogP contribution in [-0.4, -0.2) is 25.0 Å². The molecule has 0 saturated carbocycles. The molecule has 0 bridgehead atoms. The first kappa shape index (κ1) is 14.8. The van der Waals surface area contributed by atoms with Gasteiger partial charge in [-0.1, -0.05) is 6.07 Å². The summed E-state index contributed by atoms with van der Waals surface area (Å²) in [6.45, 7) is 3.78. The minimum absolute atomic E-state index is 0.104. The van der Waals surface area contributed by atoms with Crippen molar-refractivity contribution in [3.05, 3.63) is 57.5 Å². The molecular formula is C16H19N3O2. The number of aromatic amines is 1. The third-order valence-electron chi connectivity index (χ3n) is 3.25. The molecule has 2 rings (SSSR count). The van der Waals surface area contributed by atoms with Gasteiger partial charge < -0.3 is 15.2 Å². The fraction of sp³-hybridized carbons (Fsp3) is 0.250. The Kier molecular flexibility index (Phi) is 4.12. The van der Waals surface area contributed by atoms with E-state index < -0.39 is 5.91 Å². The number of H-pyrrole nitrogens is 1. The quantitative estimate of drug-likeness (QED) is 0.909. The summed E-state index contributed by atoms with van der Waals surface area (Å²) >= 11 is 0. The number of benzene rings is 1. The van der Waals surface area contributed by atoms with E-state index in [-0.39, 0.29) is 11.0 Å². The van der Waals surface area contributed by atoms with Gasteiger partial charge in [0.2, 0.25) is 0 Å². The summed E-state index contributed by atoms with van der Waals surface area (Å²) in [4.78, 5) is 28.8. The molecule has 2 aromatic rings. The maximum atomic E-state index is 12.2. The van der Waals surface area contributed by atoms with Crippen LogP contribution in [0.1, 0.15) is 21.6 Å². The minimum atomic E-state index is -0.412. The predicted octanol–water partition coefficient (Wildman–Crippen LogP) is 2.31. The summed E-state index contributed by atoms with van der Waals surface area (Å²) in [6, 6.07) is 7.05. The zero-order chi connectivity index (χ0) is 15.6. The number of amides is 1. The average molecular weight is 285 g/mol. The van der Waals surface area contributed by atoms with Gasteiger partial charge in [-0.2, -0.15) is 0 Å². The average Bonchev–Trinajstić information content (AvgIpc) is 2.40. The molecule has 1 amide bonds. The van der Waals surface area contributed by atoms with Crippen LogP contribution >= 0.6 is 0 Å². The second-order valence-electron chi connectivity index (χ2n) is 5.24. The molecule has 1 aromatic carbocycles. The fourth-order valence-electron chi connectivity index (χ4n) is 2.12. The smallest absolute Gasteiger partial charge is 0.261 e.